The van der Waals surface area contributed by atoms with Crippen LogP contribution in [0.25, 0.3) is 0 Å². The number of thioether (sulfide) groups is 1. The van der Waals surface area contributed by atoms with Gasteiger partial charge in [-0.15, -0.1) is 11.8 Å². The molecule has 1 heterocycles. The van der Waals surface area contributed by atoms with Crippen LogP contribution in [0, 0.1) is 15.9 Å². The Kier molecular flexibility index (Phi) is 5.72. The fourth-order valence-electron chi connectivity index (χ4n) is 2.87. The van der Waals surface area contributed by atoms with Gasteiger partial charge in [0.05, 0.1) is 11.0 Å². The zero-order valence-corrected chi connectivity index (χ0v) is 14.7. The highest BCUT2D eigenvalue weighted by Crippen LogP contribution is 2.36. The third-order valence-electron chi connectivity index (χ3n) is 4.11. The summed E-state index contributed by atoms with van der Waals surface area (Å²) in [6, 6.07) is 10.7. The Hall–Kier alpha value is -2.61. The van der Waals surface area contributed by atoms with Crippen molar-refractivity contribution in [3.63, 3.8) is 0 Å². The van der Waals surface area contributed by atoms with E-state index in [0.29, 0.717) is 5.69 Å². The minimum Gasteiger partial charge on any atom is -0.379 e. The van der Waals surface area contributed by atoms with Gasteiger partial charge in [-0.3, -0.25) is 14.9 Å². The molecule has 0 bridgehead atoms. The molecule has 2 aromatic carbocycles. The second-order valence-corrected chi connectivity index (χ2v) is 7.03. The van der Waals surface area contributed by atoms with Crippen LogP contribution in [-0.2, 0) is 4.79 Å². The fraction of sp³-hybridized carbons (Fsp3) is 0.278. The lowest BCUT2D eigenvalue weighted by Crippen LogP contribution is -2.31. The standard InChI is InChI=1S/C18H18FN3O3S/c19-12-5-6-17-13(11-12)14(8-10-26-17)21-18(23)7-9-20-15-3-1-2-4-16(15)22(24)25/h1-6,11,14,20H,7-10H2,(H,21,23)/t14-/m0/s1. The van der Waals surface area contributed by atoms with Crippen molar-refractivity contribution >= 4 is 29.0 Å². The molecule has 8 heteroatoms. The minimum absolute atomic E-state index is 0.0263. The van der Waals surface area contributed by atoms with Gasteiger partial charge in [-0.25, -0.2) is 4.39 Å². The Bertz CT molecular complexity index is 831. The lowest BCUT2D eigenvalue weighted by molar-refractivity contribution is -0.384. The molecule has 3 rings (SSSR count). The predicted molar refractivity (Wildman–Crippen MR) is 98.8 cm³/mol. The Morgan fingerprint density at radius 2 is 2.12 bits per heavy atom. The second kappa shape index (κ2) is 8.18. The summed E-state index contributed by atoms with van der Waals surface area (Å²) in [5.74, 6) is 0.365. The maximum absolute atomic E-state index is 13.5. The number of benzene rings is 2. The van der Waals surface area contributed by atoms with Gasteiger partial charge in [0.2, 0.25) is 5.91 Å². The number of carbonyl (C=O) groups excluding carboxylic acids is 1. The number of anilines is 1. The number of hydrogen-bond donors (Lipinski definition) is 2. The van der Waals surface area contributed by atoms with Gasteiger partial charge in [-0.1, -0.05) is 12.1 Å². The Morgan fingerprint density at radius 1 is 1.31 bits per heavy atom. The Morgan fingerprint density at radius 3 is 2.92 bits per heavy atom. The van der Waals surface area contributed by atoms with Crippen molar-refractivity contribution in [2.45, 2.75) is 23.8 Å². The van der Waals surface area contributed by atoms with Gasteiger partial charge < -0.3 is 10.6 Å². The molecule has 26 heavy (non-hydrogen) atoms. The summed E-state index contributed by atoms with van der Waals surface area (Å²) in [5, 5.41) is 16.8. The van der Waals surface area contributed by atoms with Crippen molar-refractivity contribution < 1.29 is 14.1 Å². The average molecular weight is 375 g/mol. The Balaban J connectivity index is 1.56. The molecule has 6 nitrogen and oxygen atoms in total. The van der Waals surface area contributed by atoms with Gasteiger partial charge in [0.1, 0.15) is 11.5 Å². The van der Waals surface area contributed by atoms with Gasteiger partial charge >= 0.3 is 0 Å². The number of nitro groups is 1. The molecule has 0 saturated heterocycles. The largest absolute Gasteiger partial charge is 0.379 e. The topological polar surface area (TPSA) is 84.3 Å². The number of para-hydroxylation sites is 2. The Labute approximate surface area is 154 Å². The van der Waals surface area contributed by atoms with E-state index in [1.807, 2.05) is 0 Å². The van der Waals surface area contributed by atoms with Crippen LogP contribution < -0.4 is 10.6 Å². The van der Waals surface area contributed by atoms with E-state index in [-0.39, 0.29) is 36.4 Å². The highest BCUT2D eigenvalue weighted by atomic mass is 32.2. The first kappa shape index (κ1) is 18.2. The molecule has 0 unspecified atom stereocenters. The molecule has 136 valence electrons. The fourth-order valence-corrected chi connectivity index (χ4v) is 3.98. The van der Waals surface area contributed by atoms with Gasteiger partial charge in [0.15, 0.2) is 0 Å². The van der Waals surface area contributed by atoms with Crippen LogP contribution >= 0.6 is 11.8 Å². The molecule has 0 aromatic heterocycles. The number of nitrogens with zero attached hydrogens (tertiary/aromatic N) is 1. The SMILES string of the molecule is O=C(CCNc1ccccc1[N+](=O)[O-])N[C@H]1CCSc2ccc(F)cc21. The summed E-state index contributed by atoms with van der Waals surface area (Å²) in [4.78, 5) is 23.7. The molecule has 0 spiro atoms. The first-order valence-electron chi connectivity index (χ1n) is 8.23. The molecule has 0 radical (unpaired) electrons. The third kappa shape index (κ3) is 4.32. The monoisotopic (exact) mass is 375 g/mol. The van der Waals surface area contributed by atoms with Gasteiger partial charge in [-0.2, -0.15) is 0 Å². The van der Waals surface area contributed by atoms with Gasteiger partial charge in [-0.05, 0) is 36.2 Å². The molecule has 1 amide bonds. The van der Waals surface area contributed by atoms with Crippen LogP contribution in [0.5, 0.6) is 0 Å². The van der Waals surface area contributed by atoms with Crippen molar-refractivity contribution in [1.82, 2.24) is 5.32 Å². The van der Waals surface area contributed by atoms with Crippen LogP contribution in [-0.4, -0.2) is 23.1 Å². The quantitative estimate of drug-likeness (QED) is 0.591. The number of rotatable bonds is 6. The van der Waals surface area contributed by atoms with E-state index in [9.17, 15) is 19.3 Å². The summed E-state index contributed by atoms with van der Waals surface area (Å²) in [7, 11) is 0. The van der Waals surface area contributed by atoms with Crippen molar-refractivity contribution in [1.29, 1.82) is 0 Å². The molecule has 0 saturated carbocycles. The van der Waals surface area contributed by atoms with Crippen molar-refractivity contribution in [2.75, 3.05) is 17.6 Å². The lowest BCUT2D eigenvalue weighted by Gasteiger charge is -2.26. The summed E-state index contributed by atoms with van der Waals surface area (Å²) in [6.07, 6.45) is 0.908. The molecule has 1 aliphatic rings. The smallest absolute Gasteiger partial charge is 0.292 e. The van der Waals surface area contributed by atoms with Crippen LogP contribution in [0.1, 0.15) is 24.4 Å². The van der Waals surface area contributed by atoms with E-state index in [1.165, 1.54) is 18.2 Å². The predicted octanol–water partition coefficient (Wildman–Crippen LogP) is 3.89. The first-order valence-corrected chi connectivity index (χ1v) is 9.22. The van der Waals surface area contributed by atoms with Crippen LogP contribution in [0.15, 0.2) is 47.4 Å². The van der Waals surface area contributed by atoms with Crippen molar-refractivity contribution in [3.05, 3.63) is 64.0 Å². The number of halogens is 1. The van der Waals surface area contributed by atoms with E-state index < -0.39 is 4.92 Å². The number of amides is 1. The normalized spacial score (nSPS) is 15.8. The maximum atomic E-state index is 13.5. The third-order valence-corrected chi connectivity index (χ3v) is 5.24. The summed E-state index contributed by atoms with van der Waals surface area (Å²) >= 11 is 1.65. The van der Waals surface area contributed by atoms with E-state index in [4.69, 9.17) is 0 Å². The molecule has 1 aliphatic heterocycles. The van der Waals surface area contributed by atoms with Crippen molar-refractivity contribution in [3.8, 4) is 0 Å². The second-order valence-electron chi connectivity index (χ2n) is 5.89. The van der Waals surface area contributed by atoms with Gasteiger partial charge in [0, 0.05) is 29.7 Å². The molecule has 0 aliphatic carbocycles. The minimum atomic E-state index is -0.465. The van der Waals surface area contributed by atoms with Crippen molar-refractivity contribution in [2.24, 2.45) is 0 Å². The maximum Gasteiger partial charge on any atom is 0.292 e. The molecular weight excluding hydrogens is 357 g/mol. The van der Waals surface area contributed by atoms with Gasteiger partial charge in [0.25, 0.3) is 5.69 Å². The molecule has 1 atom stereocenters. The van der Waals surface area contributed by atoms with Crippen LogP contribution in [0.4, 0.5) is 15.8 Å². The first-order chi connectivity index (χ1) is 12.5. The number of hydrogen-bond acceptors (Lipinski definition) is 5. The van der Waals surface area contributed by atoms with E-state index in [1.54, 1.807) is 36.0 Å². The number of nitro benzene ring substituents is 1. The van der Waals surface area contributed by atoms with E-state index >= 15 is 0 Å². The van der Waals surface area contributed by atoms with E-state index in [0.717, 1.165) is 22.6 Å². The van der Waals surface area contributed by atoms with E-state index in [2.05, 4.69) is 10.6 Å². The summed E-state index contributed by atoms with van der Waals surface area (Å²) in [6.45, 7) is 0.272. The zero-order valence-electron chi connectivity index (χ0n) is 13.9. The van der Waals surface area contributed by atoms with Crippen LogP contribution in [0.3, 0.4) is 0 Å². The lowest BCUT2D eigenvalue weighted by atomic mass is 10.0. The molecule has 2 aromatic rings. The summed E-state index contributed by atoms with van der Waals surface area (Å²) < 4.78 is 13.5. The number of nitrogens with one attached hydrogen (secondary N) is 2. The molecule has 0 fully saturated rings. The van der Waals surface area contributed by atoms with Crippen LogP contribution in [0.2, 0.25) is 0 Å². The number of carbonyl (C=O) groups is 1. The number of fused-ring (bicyclic) bond motifs is 1. The highest BCUT2D eigenvalue weighted by Gasteiger charge is 2.22. The summed E-state index contributed by atoms with van der Waals surface area (Å²) in [5.41, 5.74) is 1.16. The average Bonchev–Trinajstić information content (AvgIpc) is 2.62. The molecular formula is C18H18FN3O3S. The molecule has 2 N–H and O–H groups in total. The highest BCUT2D eigenvalue weighted by molar-refractivity contribution is 7.99. The zero-order chi connectivity index (χ0) is 18.5.